The lowest BCUT2D eigenvalue weighted by molar-refractivity contribution is -0.126. The van der Waals surface area contributed by atoms with Gasteiger partial charge in [0, 0.05) is 4.47 Å². The molecule has 6 heteroatoms. The van der Waals surface area contributed by atoms with Crippen LogP contribution in [0.2, 0.25) is 0 Å². The molecule has 4 nitrogen and oxygen atoms in total. The zero-order valence-electron chi connectivity index (χ0n) is 15.4. The smallest absolute Gasteiger partial charge is 0.242 e. The molecule has 2 aromatic carbocycles. The van der Waals surface area contributed by atoms with Gasteiger partial charge in [-0.15, -0.1) is 5.10 Å². The standard InChI is InChI=1S/C21H22BrN3OS/c1-3-6-19-20(26)25(14-17-8-5-4-7-15(17)2)21(27-19)24-23-13-16-9-11-18(22)12-10-16/h4-5,7-13,19H,3,6,14H2,1-2H3. The van der Waals surface area contributed by atoms with Gasteiger partial charge in [-0.05, 0) is 42.2 Å². The molecule has 0 N–H and O–H groups in total. The van der Waals surface area contributed by atoms with Crippen molar-refractivity contribution in [2.75, 3.05) is 0 Å². The van der Waals surface area contributed by atoms with Gasteiger partial charge >= 0.3 is 0 Å². The maximum absolute atomic E-state index is 12.9. The lowest BCUT2D eigenvalue weighted by Gasteiger charge is -2.17. The van der Waals surface area contributed by atoms with Crippen molar-refractivity contribution >= 4 is 45.0 Å². The van der Waals surface area contributed by atoms with Crippen molar-refractivity contribution in [1.82, 2.24) is 4.90 Å². The van der Waals surface area contributed by atoms with Crippen LogP contribution in [-0.2, 0) is 11.3 Å². The van der Waals surface area contributed by atoms with Crippen LogP contribution in [0.4, 0.5) is 0 Å². The van der Waals surface area contributed by atoms with Crippen LogP contribution in [-0.4, -0.2) is 27.4 Å². The summed E-state index contributed by atoms with van der Waals surface area (Å²) in [6.45, 7) is 4.70. The number of halogens is 1. The van der Waals surface area contributed by atoms with Gasteiger partial charge in [0.1, 0.15) is 0 Å². The highest BCUT2D eigenvalue weighted by molar-refractivity contribution is 9.10. The monoisotopic (exact) mass is 443 g/mol. The number of nitrogens with zero attached hydrogens (tertiary/aromatic N) is 3. The highest BCUT2D eigenvalue weighted by Crippen LogP contribution is 2.32. The van der Waals surface area contributed by atoms with Crippen molar-refractivity contribution in [3.8, 4) is 0 Å². The molecule has 1 amide bonds. The fourth-order valence-corrected chi connectivity index (χ4v) is 4.31. The Hall–Kier alpha value is -1.92. The number of hydrogen-bond donors (Lipinski definition) is 0. The highest BCUT2D eigenvalue weighted by atomic mass is 79.9. The van der Waals surface area contributed by atoms with Crippen molar-refractivity contribution in [3.63, 3.8) is 0 Å². The third-order valence-corrected chi connectivity index (χ3v) is 6.14. The SMILES string of the molecule is CCCC1SC(=NN=Cc2ccc(Br)cc2)N(Cc2ccccc2C)C1=O. The van der Waals surface area contributed by atoms with E-state index < -0.39 is 0 Å². The second-order valence-corrected chi connectivity index (χ2v) is 8.51. The number of thioether (sulfide) groups is 1. The first-order chi connectivity index (χ1) is 13.1. The third kappa shape index (κ3) is 5.08. The molecule has 1 fully saturated rings. The highest BCUT2D eigenvalue weighted by Gasteiger charge is 2.37. The Morgan fingerprint density at radius 1 is 1.19 bits per heavy atom. The van der Waals surface area contributed by atoms with Crippen LogP contribution in [0.3, 0.4) is 0 Å². The van der Waals surface area contributed by atoms with Gasteiger partial charge in [0.15, 0.2) is 5.17 Å². The van der Waals surface area contributed by atoms with Gasteiger partial charge in [-0.3, -0.25) is 9.69 Å². The molecule has 1 aliphatic rings. The minimum Gasteiger partial charge on any atom is -0.284 e. The minimum absolute atomic E-state index is 0.0688. The zero-order valence-corrected chi connectivity index (χ0v) is 17.8. The summed E-state index contributed by atoms with van der Waals surface area (Å²) in [5, 5.41) is 9.21. The van der Waals surface area contributed by atoms with Gasteiger partial charge in [-0.25, -0.2) is 0 Å². The van der Waals surface area contributed by atoms with Gasteiger partial charge in [-0.1, -0.05) is 77.4 Å². The van der Waals surface area contributed by atoms with E-state index in [0.29, 0.717) is 11.7 Å². The number of aryl methyl sites for hydroxylation is 1. The summed E-state index contributed by atoms with van der Waals surface area (Å²) in [5.74, 6) is 0.127. The summed E-state index contributed by atoms with van der Waals surface area (Å²) in [6.07, 6.45) is 3.53. The van der Waals surface area contributed by atoms with E-state index in [1.54, 1.807) is 11.1 Å². The second-order valence-electron chi connectivity index (χ2n) is 6.42. The van der Waals surface area contributed by atoms with E-state index >= 15 is 0 Å². The fraction of sp³-hybridized carbons (Fsp3) is 0.286. The Kier molecular flexibility index (Phi) is 6.85. The summed E-state index contributed by atoms with van der Waals surface area (Å²) in [6, 6.07) is 16.0. The van der Waals surface area contributed by atoms with Crippen LogP contribution in [0.25, 0.3) is 0 Å². The van der Waals surface area contributed by atoms with Gasteiger partial charge in [0.05, 0.1) is 18.0 Å². The molecular formula is C21H22BrN3OS. The topological polar surface area (TPSA) is 45.0 Å². The fourth-order valence-electron chi connectivity index (χ4n) is 2.83. The first kappa shape index (κ1) is 19.8. The van der Waals surface area contributed by atoms with E-state index in [1.807, 2.05) is 36.4 Å². The van der Waals surface area contributed by atoms with E-state index in [0.717, 1.165) is 28.4 Å². The number of carbonyl (C=O) groups is 1. The lowest BCUT2D eigenvalue weighted by Crippen LogP contribution is -2.31. The van der Waals surface area contributed by atoms with E-state index in [2.05, 4.69) is 52.1 Å². The Morgan fingerprint density at radius 3 is 2.63 bits per heavy atom. The van der Waals surface area contributed by atoms with E-state index in [-0.39, 0.29) is 11.2 Å². The molecule has 140 valence electrons. The molecular weight excluding hydrogens is 422 g/mol. The van der Waals surface area contributed by atoms with E-state index in [4.69, 9.17) is 0 Å². The molecule has 0 saturated carbocycles. The van der Waals surface area contributed by atoms with Gasteiger partial charge in [0.25, 0.3) is 0 Å². The predicted octanol–water partition coefficient (Wildman–Crippen LogP) is 5.39. The molecule has 0 bridgehead atoms. The Bertz CT molecular complexity index is 864. The molecule has 1 unspecified atom stereocenters. The molecule has 0 aromatic heterocycles. The summed E-state index contributed by atoms with van der Waals surface area (Å²) >= 11 is 4.94. The molecule has 0 spiro atoms. The normalized spacial score (nSPS) is 18.8. The molecule has 3 rings (SSSR count). The minimum atomic E-state index is -0.0688. The molecule has 0 aliphatic carbocycles. The number of hydrogen-bond acceptors (Lipinski definition) is 4. The van der Waals surface area contributed by atoms with Crippen molar-refractivity contribution in [2.45, 2.75) is 38.5 Å². The van der Waals surface area contributed by atoms with Crippen LogP contribution >= 0.6 is 27.7 Å². The van der Waals surface area contributed by atoms with Crippen molar-refractivity contribution in [2.24, 2.45) is 10.2 Å². The van der Waals surface area contributed by atoms with E-state index in [1.165, 1.54) is 17.3 Å². The predicted molar refractivity (Wildman–Crippen MR) is 117 cm³/mol. The van der Waals surface area contributed by atoms with Gasteiger partial charge in [-0.2, -0.15) is 5.10 Å². The zero-order chi connectivity index (χ0) is 19.2. The van der Waals surface area contributed by atoms with Crippen molar-refractivity contribution in [1.29, 1.82) is 0 Å². The quantitative estimate of drug-likeness (QED) is 0.443. The Morgan fingerprint density at radius 2 is 1.93 bits per heavy atom. The number of carbonyl (C=O) groups excluding carboxylic acids is 1. The summed E-state index contributed by atoms with van der Waals surface area (Å²) < 4.78 is 1.02. The maximum Gasteiger partial charge on any atom is 0.242 e. The van der Waals surface area contributed by atoms with Crippen LogP contribution in [0.15, 0.2) is 63.2 Å². The molecule has 1 atom stereocenters. The van der Waals surface area contributed by atoms with Crippen molar-refractivity contribution in [3.05, 3.63) is 69.7 Å². The number of amides is 1. The second kappa shape index (κ2) is 9.33. The van der Waals surface area contributed by atoms with Gasteiger partial charge in [0.2, 0.25) is 5.91 Å². The Labute approximate surface area is 172 Å². The average Bonchev–Trinajstić information content (AvgIpc) is 2.95. The van der Waals surface area contributed by atoms with Crippen molar-refractivity contribution < 1.29 is 4.79 Å². The van der Waals surface area contributed by atoms with E-state index in [9.17, 15) is 4.79 Å². The Balaban J connectivity index is 1.82. The van der Waals surface area contributed by atoms with Crippen LogP contribution in [0, 0.1) is 6.92 Å². The molecule has 0 radical (unpaired) electrons. The first-order valence-electron chi connectivity index (χ1n) is 8.97. The van der Waals surface area contributed by atoms with Crippen LogP contribution < -0.4 is 0 Å². The summed E-state index contributed by atoms with van der Waals surface area (Å²) in [7, 11) is 0. The van der Waals surface area contributed by atoms with Crippen LogP contribution in [0.5, 0.6) is 0 Å². The first-order valence-corrected chi connectivity index (χ1v) is 10.6. The molecule has 1 aliphatic heterocycles. The number of amidine groups is 1. The van der Waals surface area contributed by atoms with Gasteiger partial charge < -0.3 is 0 Å². The number of rotatable bonds is 6. The van der Waals surface area contributed by atoms with Crippen LogP contribution in [0.1, 0.15) is 36.5 Å². The summed E-state index contributed by atoms with van der Waals surface area (Å²) in [4.78, 5) is 14.6. The average molecular weight is 444 g/mol. The third-order valence-electron chi connectivity index (χ3n) is 4.38. The molecule has 27 heavy (non-hydrogen) atoms. The molecule has 1 heterocycles. The maximum atomic E-state index is 12.9. The molecule has 1 saturated heterocycles. The lowest BCUT2D eigenvalue weighted by atomic mass is 10.1. The largest absolute Gasteiger partial charge is 0.284 e. The molecule has 2 aromatic rings. The number of benzene rings is 2. The summed E-state index contributed by atoms with van der Waals surface area (Å²) in [5.41, 5.74) is 3.27.